The van der Waals surface area contributed by atoms with Gasteiger partial charge in [0, 0.05) is 51.3 Å². The van der Waals surface area contributed by atoms with Gasteiger partial charge in [-0.2, -0.15) is 4.57 Å². The minimum Gasteiger partial charge on any atom is -1.00 e. The summed E-state index contributed by atoms with van der Waals surface area (Å²) in [6.07, 6.45) is 3.07. The lowest BCUT2D eigenvalue weighted by Crippen LogP contribution is -3.00. The molecule has 2 rings (SSSR count). The Hall–Kier alpha value is -0.543. The maximum atomic E-state index is 5.45. The maximum absolute atomic E-state index is 5.45. The highest BCUT2D eigenvalue weighted by Gasteiger charge is 2.37. The van der Waals surface area contributed by atoms with Crippen LogP contribution in [0.2, 0.25) is 6.04 Å². The molecular weight excluding hydrogens is 397 g/mol. The summed E-state index contributed by atoms with van der Waals surface area (Å²) < 4.78 is 18.6. The molecule has 1 aromatic heterocycles. The van der Waals surface area contributed by atoms with Crippen LogP contribution in [0.1, 0.15) is 6.42 Å². The average molecular weight is 419 g/mol. The zero-order valence-corrected chi connectivity index (χ0v) is 15.9. The van der Waals surface area contributed by atoms with Crippen LogP contribution in [0.15, 0.2) is 42.6 Å². The Labute approximate surface area is 144 Å². The van der Waals surface area contributed by atoms with Gasteiger partial charge in [0.2, 0.25) is 5.52 Å². The lowest BCUT2D eigenvalue weighted by atomic mass is 10.2. The lowest BCUT2D eigenvalue weighted by Gasteiger charge is -2.23. The van der Waals surface area contributed by atoms with E-state index in [0.717, 1.165) is 19.0 Å². The Morgan fingerprint density at radius 2 is 1.57 bits per heavy atom. The number of aryl methyl sites for hydroxylation is 1. The third kappa shape index (κ3) is 4.46. The zero-order chi connectivity index (χ0) is 14.4. The topological polar surface area (TPSA) is 31.6 Å². The number of para-hydroxylation sites is 1. The summed E-state index contributed by atoms with van der Waals surface area (Å²) in [6.45, 7) is 0.923. The van der Waals surface area contributed by atoms with Crippen molar-refractivity contribution in [3.8, 4) is 0 Å². The van der Waals surface area contributed by atoms with E-state index >= 15 is 0 Å². The molecule has 1 aromatic carbocycles. The Kier molecular flexibility index (Phi) is 7.75. The normalized spacial score (nSPS) is 11.4. The summed E-state index contributed by atoms with van der Waals surface area (Å²) in [5, 5.41) is 1.25. The zero-order valence-electron chi connectivity index (χ0n) is 12.7. The molecule has 116 valence electrons. The molecule has 6 heteroatoms. The minimum absolute atomic E-state index is 0. The van der Waals surface area contributed by atoms with Crippen LogP contribution >= 0.6 is 0 Å². The first kappa shape index (κ1) is 18.5. The second-order valence-electron chi connectivity index (χ2n) is 4.66. The van der Waals surface area contributed by atoms with Gasteiger partial charge in [0.1, 0.15) is 6.54 Å². The van der Waals surface area contributed by atoms with Crippen LogP contribution in [-0.4, -0.2) is 30.1 Å². The van der Waals surface area contributed by atoms with Crippen molar-refractivity contribution in [1.29, 1.82) is 0 Å². The number of hydrogen-bond donors (Lipinski definition) is 0. The van der Waals surface area contributed by atoms with Gasteiger partial charge < -0.3 is 37.3 Å². The highest BCUT2D eigenvalue weighted by atomic mass is 127. The van der Waals surface area contributed by atoms with Crippen molar-refractivity contribution in [1.82, 2.24) is 0 Å². The van der Waals surface area contributed by atoms with Crippen LogP contribution in [-0.2, 0) is 19.8 Å². The fourth-order valence-corrected chi connectivity index (χ4v) is 4.14. The molecule has 0 saturated heterocycles. The van der Waals surface area contributed by atoms with Gasteiger partial charge in [-0.3, -0.25) is 0 Å². The molecule has 0 aliphatic rings. The Bertz CT molecular complexity index is 550. The number of fused-ring (bicyclic) bond motifs is 1. The molecule has 0 atom stereocenters. The predicted molar refractivity (Wildman–Crippen MR) is 80.3 cm³/mol. The fraction of sp³-hybridized carbons (Fsp3) is 0.400. The number of aromatic nitrogens is 1. The van der Waals surface area contributed by atoms with E-state index < -0.39 is 8.80 Å². The van der Waals surface area contributed by atoms with Crippen LogP contribution in [0, 0.1) is 0 Å². The van der Waals surface area contributed by atoms with E-state index in [9.17, 15) is 0 Å². The lowest BCUT2D eigenvalue weighted by molar-refractivity contribution is -0.671. The van der Waals surface area contributed by atoms with Crippen LogP contribution < -0.4 is 28.5 Å². The first-order valence-corrected chi connectivity index (χ1v) is 8.70. The van der Waals surface area contributed by atoms with E-state index in [1.165, 1.54) is 10.9 Å². The second kappa shape index (κ2) is 8.79. The SMILES string of the molecule is CO[Si](CCC[n+]1cccc2ccccc21)(OC)OC.[I-]. The van der Waals surface area contributed by atoms with Crippen molar-refractivity contribution >= 4 is 19.7 Å². The molecular formula is C15H22INO3Si. The standard InChI is InChI=1S/C15H22NO3Si.HI/c1-17-20(18-2,19-3)13-7-12-16-11-6-9-14-8-4-5-10-15(14)16;/h4-6,8-11H,7,12-13H2,1-3H3;1H/q+1;/p-1. The quantitative estimate of drug-likeness (QED) is 0.341. The van der Waals surface area contributed by atoms with Gasteiger partial charge >= 0.3 is 8.80 Å². The molecule has 1 heterocycles. The molecule has 0 bridgehead atoms. The van der Waals surface area contributed by atoms with Crippen molar-refractivity contribution in [2.45, 2.75) is 19.0 Å². The summed E-state index contributed by atoms with van der Waals surface area (Å²) in [7, 11) is 2.52. The van der Waals surface area contributed by atoms with Gasteiger partial charge in [0.05, 0.1) is 0 Å². The predicted octanol–water partition coefficient (Wildman–Crippen LogP) is -0.600. The number of pyridine rings is 1. The van der Waals surface area contributed by atoms with Crippen molar-refractivity contribution in [3.05, 3.63) is 42.6 Å². The largest absolute Gasteiger partial charge is 1.00 e. The molecule has 0 radical (unpaired) electrons. The highest BCUT2D eigenvalue weighted by molar-refractivity contribution is 6.60. The van der Waals surface area contributed by atoms with Gasteiger partial charge in [-0.1, -0.05) is 12.1 Å². The van der Waals surface area contributed by atoms with Crippen molar-refractivity contribution < 1.29 is 41.8 Å². The number of nitrogens with zero attached hydrogens (tertiary/aromatic N) is 1. The molecule has 21 heavy (non-hydrogen) atoms. The number of halogens is 1. The second-order valence-corrected chi connectivity index (χ2v) is 7.75. The Morgan fingerprint density at radius 1 is 0.952 bits per heavy atom. The van der Waals surface area contributed by atoms with Crippen molar-refractivity contribution in [2.75, 3.05) is 21.3 Å². The molecule has 0 aliphatic heterocycles. The summed E-state index contributed by atoms with van der Waals surface area (Å²) in [5.74, 6) is 0. The van der Waals surface area contributed by atoms with E-state index in [0.29, 0.717) is 0 Å². The minimum atomic E-state index is -2.45. The number of rotatable bonds is 7. The van der Waals surface area contributed by atoms with Crippen LogP contribution in [0.4, 0.5) is 0 Å². The maximum Gasteiger partial charge on any atom is 0.500 e. The molecule has 0 unspecified atom stereocenters. The Balaban J connectivity index is 0.00000220. The monoisotopic (exact) mass is 419 g/mol. The molecule has 4 nitrogen and oxygen atoms in total. The van der Waals surface area contributed by atoms with Gasteiger partial charge in [-0.15, -0.1) is 0 Å². The van der Waals surface area contributed by atoms with E-state index in [1.807, 2.05) is 0 Å². The van der Waals surface area contributed by atoms with Crippen LogP contribution in [0.3, 0.4) is 0 Å². The number of benzene rings is 1. The van der Waals surface area contributed by atoms with E-state index in [1.54, 1.807) is 21.3 Å². The molecule has 0 spiro atoms. The molecule has 0 N–H and O–H groups in total. The van der Waals surface area contributed by atoms with Gasteiger partial charge in [0.25, 0.3) is 0 Å². The van der Waals surface area contributed by atoms with Gasteiger partial charge in [-0.25, -0.2) is 0 Å². The van der Waals surface area contributed by atoms with Crippen molar-refractivity contribution in [2.24, 2.45) is 0 Å². The van der Waals surface area contributed by atoms with Crippen LogP contribution in [0.25, 0.3) is 10.9 Å². The summed E-state index contributed by atoms with van der Waals surface area (Å²) >= 11 is 0. The van der Waals surface area contributed by atoms with Crippen molar-refractivity contribution in [3.63, 3.8) is 0 Å². The van der Waals surface area contributed by atoms with E-state index in [4.69, 9.17) is 13.3 Å². The third-order valence-electron chi connectivity index (χ3n) is 3.60. The summed E-state index contributed by atoms with van der Waals surface area (Å²) in [4.78, 5) is 0. The molecule has 0 aliphatic carbocycles. The smallest absolute Gasteiger partial charge is 0.500 e. The Morgan fingerprint density at radius 3 is 2.24 bits per heavy atom. The molecule has 0 saturated carbocycles. The molecule has 2 aromatic rings. The third-order valence-corrected chi connectivity index (χ3v) is 6.43. The van der Waals surface area contributed by atoms with Gasteiger partial charge in [-0.05, 0) is 12.1 Å². The van der Waals surface area contributed by atoms with Crippen LogP contribution in [0.5, 0.6) is 0 Å². The number of hydrogen-bond acceptors (Lipinski definition) is 3. The highest BCUT2D eigenvalue weighted by Crippen LogP contribution is 2.15. The molecule has 0 fully saturated rings. The fourth-order valence-electron chi connectivity index (χ4n) is 2.44. The summed E-state index contributed by atoms with van der Waals surface area (Å²) in [6, 6.07) is 13.4. The van der Waals surface area contributed by atoms with E-state index in [2.05, 4.69) is 47.2 Å². The molecule has 0 amide bonds. The van der Waals surface area contributed by atoms with E-state index in [-0.39, 0.29) is 24.0 Å². The first-order valence-electron chi connectivity index (χ1n) is 6.77. The summed E-state index contributed by atoms with van der Waals surface area (Å²) in [5.41, 5.74) is 1.24. The van der Waals surface area contributed by atoms with Gasteiger partial charge in [0.15, 0.2) is 6.20 Å². The first-order chi connectivity index (χ1) is 9.74. The average Bonchev–Trinajstić information content (AvgIpc) is 2.52.